The first kappa shape index (κ1) is 21.9. The lowest BCUT2D eigenvalue weighted by Gasteiger charge is -2.40. The van der Waals surface area contributed by atoms with E-state index in [0.717, 1.165) is 0 Å². The van der Waals surface area contributed by atoms with E-state index in [9.17, 15) is 19.7 Å². The number of amides is 1. The highest BCUT2D eigenvalue weighted by Gasteiger charge is 2.37. The van der Waals surface area contributed by atoms with Crippen LogP contribution in [0.4, 0.5) is 10.5 Å². The topological polar surface area (TPSA) is 102 Å². The van der Waals surface area contributed by atoms with Crippen LogP contribution in [0.25, 0.3) is 0 Å². The number of esters is 1. The Hall–Kier alpha value is -2.39. The fourth-order valence-corrected chi connectivity index (χ4v) is 3.13. The zero-order chi connectivity index (χ0) is 21.1. The lowest BCUT2D eigenvalue weighted by Crippen LogP contribution is -2.58. The molecule has 2 rings (SSSR count). The Kier molecular flexibility index (Phi) is 6.84. The van der Waals surface area contributed by atoms with Crippen LogP contribution in [0, 0.1) is 10.1 Å². The van der Waals surface area contributed by atoms with Gasteiger partial charge in [0.2, 0.25) is 0 Å². The van der Waals surface area contributed by atoms with Crippen LogP contribution in [-0.4, -0.2) is 65.2 Å². The highest BCUT2D eigenvalue weighted by Crippen LogP contribution is 2.26. The number of piperazine rings is 1. The zero-order valence-corrected chi connectivity index (χ0v) is 17.1. The van der Waals surface area contributed by atoms with Crippen LogP contribution in [0.1, 0.15) is 26.3 Å². The molecule has 28 heavy (non-hydrogen) atoms. The normalized spacial score (nSPS) is 17.9. The summed E-state index contributed by atoms with van der Waals surface area (Å²) in [5, 5.41) is 11.7. The number of nitrogens with zero attached hydrogens (tertiary/aromatic N) is 3. The van der Waals surface area contributed by atoms with Crippen molar-refractivity contribution in [3.05, 3.63) is 38.9 Å². The van der Waals surface area contributed by atoms with E-state index in [1.165, 1.54) is 30.2 Å². The molecule has 1 fully saturated rings. The van der Waals surface area contributed by atoms with E-state index in [1.807, 2.05) is 0 Å². The molecule has 1 atom stereocenters. The summed E-state index contributed by atoms with van der Waals surface area (Å²) in [6, 6.07) is 3.52. The van der Waals surface area contributed by atoms with Gasteiger partial charge in [-0.15, -0.1) is 0 Å². The first-order valence-electron chi connectivity index (χ1n) is 8.74. The lowest BCUT2D eigenvalue weighted by atomic mass is 10.1. The van der Waals surface area contributed by atoms with Gasteiger partial charge in [0, 0.05) is 36.3 Å². The van der Waals surface area contributed by atoms with Crippen molar-refractivity contribution in [3.8, 4) is 0 Å². The number of nitro benzene ring substituents is 1. The van der Waals surface area contributed by atoms with Crippen LogP contribution in [0.2, 0.25) is 5.02 Å². The van der Waals surface area contributed by atoms with E-state index in [1.54, 1.807) is 25.7 Å². The molecule has 1 aromatic rings. The van der Waals surface area contributed by atoms with Crippen LogP contribution >= 0.6 is 11.6 Å². The van der Waals surface area contributed by atoms with Crippen molar-refractivity contribution in [2.45, 2.75) is 39.0 Å². The van der Waals surface area contributed by atoms with Crippen molar-refractivity contribution in [1.82, 2.24) is 9.80 Å². The van der Waals surface area contributed by atoms with E-state index >= 15 is 0 Å². The van der Waals surface area contributed by atoms with Crippen molar-refractivity contribution in [2.75, 3.05) is 26.7 Å². The van der Waals surface area contributed by atoms with Crippen molar-refractivity contribution >= 4 is 29.4 Å². The summed E-state index contributed by atoms with van der Waals surface area (Å²) in [6.45, 7) is 6.11. The third kappa shape index (κ3) is 5.56. The molecule has 10 heteroatoms. The number of methoxy groups -OCH3 is 1. The predicted octanol–water partition coefficient (Wildman–Crippen LogP) is 2.84. The molecule has 0 radical (unpaired) electrons. The maximum Gasteiger partial charge on any atom is 0.410 e. The Labute approximate surface area is 168 Å². The molecule has 1 amide bonds. The second-order valence-electron chi connectivity index (χ2n) is 7.47. The molecule has 1 heterocycles. The summed E-state index contributed by atoms with van der Waals surface area (Å²) >= 11 is 5.99. The Morgan fingerprint density at radius 2 is 2.00 bits per heavy atom. The molecule has 154 valence electrons. The van der Waals surface area contributed by atoms with E-state index in [2.05, 4.69) is 0 Å². The van der Waals surface area contributed by atoms with Crippen LogP contribution in [-0.2, 0) is 20.8 Å². The smallest absolute Gasteiger partial charge is 0.410 e. The maximum atomic E-state index is 12.3. The number of carbonyl (C=O) groups is 2. The number of nitro groups is 1. The minimum atomic E-state index is -0.773. The Balaban J connectivity index is 2.22. The molecule has 1 saturated heterocycles. The summed E-state index contributed by atoms with van der Waals surface area (Å²) in [4.78, 5) is 38.6. The van der Waals surface area contributed by atoms with Gasteiger partial charge in [0.25, 0.3) is 5.69 Å². The molecule has 1 aliphatic heterocycles. The minimum absolute atomic E-state index is 0.0654. The van der Waals surface area contributed by atoms with Gasteiger partial charge in [0.15, 0.2) is 0 Å². The fourth-order valence-electron chi connectivity index (χ4n) is 2.94. The van der Waals surface area contributed by atoms with Gasteiger partial charge in [-0.2, -0.15) is 0 Å². The van der Waals surface area contributed by atoms with Crippen LogP contribution < -0.4 is 0 Å². The number of rotatable bonds is 4. The largest absolute Gasteiger partial charge is 0.468 e. The standard InChI is InChI=1S/C18H24ClN3O6/c1-18(2,3)28-17(24)21-8-7-20(15(11-21)16(23)27-4)10-12-9-13(19)5-6-14(12)22(25)26/h5-6,9,15H,7-8,10-11H2,1-4H3. The first-order valence-corrected chi connectivity index (χ1v) is 9.12. The van der Waals surface area contributed by atoms with Crippen molar-refractivity contribution in [3.63, 3.8) is 0 Å². The van der Waals surface area contributed by atoms with Gasteiger partial charge in [0.1, 0.15) is 11.6 Å². The molecule has 0 aromatic heterocycles. The van der Waals surface area contributed by atoms with Crippen molar-refractivity contribution in [1.29, 1.82) is 0 Å². The molecule has 0 bridgehead atoms. The third-order valence-electron chi connectivity index (χ3n) is 4.23. The zero-order valence-electron chi connectivity index (χ0n) is 16.3. The molecular weight excluding hydrogens is 390 g/mol. The summed E-state index contributed by atoms with van der Waals surface area (Å²) in [5.41, 5.74) is -0.351. The van der Waals surface area contributed by atoms with Gasteiger partial charge in [-0.3, -0.25) is 19.8 Å². The van der Waals surface area contributed by atoms with Crippen molar-refractivity contribution in [2.24, 2.45) is 0 Å². The highest BCUT2D eigenvalue weighted by atomic mass is 35.5. The average Bonchev–Trinajstić information content (AvgIpc) is 2.59. The lowest BCUT2D eigenvalue weighted by molar-refractivity contribution is -0.385. The SMILES string of the molecule is COC(=O)C1CN(C(=O)OC(C)(C)C)CCN1Cc1cc(Cl)ccc1[N+](=O)[O-]. The Morgan fingerprint density at radius 3 is 2.57 bits per heavy atom. The maximum absolute atomic E-state index is 12.3. The monoisotopic (exact) mass is 413 g/mol. The molecule has 1 aliphatic rings. The Morgan fingerprint density at radius 1 is 1.32 bits per heavy atom. The predicted molar refractivity (Wildman–Crippen MR) is 102 cm³/mol. The fraction of sp³-hybridized carbons (Fsp3) is 0.556. The molecule has 1 unspecified atom stereocenters. The van der Waals surface area contributed by atoms with Gasteiger partial charge >= 0.3 is 12.1 Å². The second-order valence-corrected chi connectivity index (χ2v) is 7.90. The molecular formula is C18H24ClN3O6. The van der Waals surface area contributed by atoms with E-state index < -0.39 is 28.6 Å². The number of halogens is 1. The third-order valence-corrected chi connectivity index (χ3v) is 4.46. The highest BCUT2D eigenvalue weighted by molar-refractivity contribution is 6.30. The second kappa shape index (κ2) is 8.74. The number of hydrogen-bond acceptors (Lipinski definition) is 7. The molecule has 9 nitrogen and oxygen atoms in total. The van der Waals surface area contributed by atoms with Crippen LogP contribution in [0.3, 0.4) is 0 Å². The van der Waals surface area contributed by atoms with Crippen molar-refractivity contribution < 1.29 is 24.0 Å². The van der Waals surface area contributed by atoms with Gasteiger partial charge in [-0.25, -0.2) is 4.79 Å². The van der Waals surface area contributed by atoms with Crippen LogP contribution in [0.15, 0.2) is 18.2 Å². The first-order chi connectivity index (χ1) is 13.0. The molecule has 1 aromatic carbocycles. The van der Waals surface area contributed by atoms with Gasteiger partial charge < -0.3 is 14.4 Å². The van der Waals surface area contributed by atoms with Crippen LogP contribution in [0.5, 0.6) is 0 Å². The minimum Gasteiger partial charge on any atom is -0.468 e. The molecule has 0 saturated carbocycles. The quantitative estimate of drug-likeness (QED) is 0.424. The molecule has 0 aliphatic carbocycles. The number of carbonyl (C=O) groups excluding carboxylic acids is 2. The summed E-state index contributed by atoms with van der Waals surface area (Å²) in [6.07, 6.45) is -0.519. The van der Waals surface area contributed by atoms with Gasteiger partial charge in [-0.1, -0.05) is 11.6 Å². The summed E-state index contributed by atoms with van der Waals surface area (Å²) < 4.78 is 10.2. The van der Waals surface area contributed by atoms with E-state index in [0.29, 0.717) is 23.7 Å². The summed E-state index contributed by atoms with van der Waals surface area (Å²) in [7, 11) is 1.26. The van der Waals surface area contributed by atoms with E-state index in [4.69, 9.17) is 21.1 Å². The van der Waals surface area contributed by atoms with Gasteiger partial charge in [-0.05, 0) is 32.9 Å². The van der Waals surface area contributed by atoms with E-state index in [-0.39, 0.29) is 18.8 Å². The number of hydrogen-bond donors (Lipinski definition) is 0. The number of ether oxygens (including phenoxy) is 2. The summed E-state index contributed by atoms with van der Waals surface area (Å²) in [5.74, 6) is -0.530. The number of benzene rings is 1. The molecule has 0 spiro atoms. The Bertz CT molecular complexity index is 764. The van der Waals surface area contributed by atoms with Gasteiger partial charge in [0.05, 0.1) is 18.6 Å². The molecule has 0 N–H and O–H groups in total. The average molecular weight is 414 g/mol.